The second-order valence-corrected chi connectivity index (χ2v) is 11.3. The van der Waals surface area contributed by atoms with Gasteiger partial charge in [0.25, 0.3) is 0 Å². The van der Waals surface area contributed by atoms with E-state index in [1.54, 1.807) is 6.92 Å². The number of piperidine rings is 1. The van der Waals surface area contributed by atoms with Gasteiger partial charge in [-0.2, -0.15) is 0 Å². The van der Waals surface area contributed by atoms with Crippen LogP contribution in [0.5, 0.6) is 0 Å². The second kappa shape index (κ2) is 10.8. The summed E-state index contributed by atoms with van der Waals surface area (Å²) in [6.07, 6.45) is 5.70. The Bertz CT molecular complexity index is 1020. The Balaban J connectivity index is 1.50. The van der Waals surface area contributed by atoms with Crippen molar-refractivity contribution in [3.05, 3.63) is 41.3 Å². The highest BCUT2D eigenvalue weighted by Crippen LogP contribution is 2.26. The summed E-state index contributed by atoms with van der Waals surface area (Å²) in [6.45, 7) is 9.18. The molecule has 1 aliphatic rings. The van der Waals surface area contributed by atoms with Crippen molar-refractivity contribution in [3.63, 3.8) is 0 Å². The predicted molar refractivity (Wildman–Crippen MR) is 127 cm³/mol. The van der Waals surface area contributed by atoms with Gasteiger partial charge in [0.15, 0.2) is 9.84 Å². The van der Waals surface area contributed by atoms with Crippen LogP contribution in [0.1, 0.15) is 69.4 Å². The van der Waals surface area contributed by atoms with E-state index >= 15 is 0 Å². The SMILES string of the molecule is Cc1ccccc1-c1nc(CS(=O)(=O)CC(=O)CCCCN2C(C)CCCC2C)c(C)o1. The maximum Gasteiger partial charge on any atom is 0.226 e. The lowest BCUT2D eigenvalue weighted by Crippen LogP contribution is -2.44. The van der Waals surface area contributed by atoms with Crippen molar-refractivity contribution in [2.45, 2.75) is 84.1 Å². The fourth-order valence-electron chi connectivity index (χ4n) is 4.60. The molecular weight excluding hydrogens is 424 g/mol. The number of aromatic nitrogens is 1. The highest BCUT2D eigenvalue weighted by Gasteiger charge is 2.25. The third kappa shape index (κ3) is 6.51. The van der Waals surface area contributed by atoms with Crippen LogP contribution in [0, 0.1) is 13.8 Å². The number of aryl methyl sites for hydroxylation is 2. The van der Waals surface area contributed by atoms with Crippen LogP contribution in [0.15, 0.2) is 28.7 Å². The Morgan fingerprint density at radius 3 is 2.50 bits per heavy atom. The first-order valence-electron chi connectivity index (χ1n) is 11.7. The number of benzene rings is 1. The van der Waals surface area contributed by atoms with Gasteiger partial charge in [0, 0.05) is 24.1 Å². The smallest absolute Gasteiger partial charge is 0.226 e. The second-order valence-electron chi connectivity index (χ2n) is 9.23. The minimum atomic E-state index is -3.59. The van der Waals surface area contributed by atoms with Crippen LogP contribution in [-0.2, 0) is 20.4 Å². The lowest BCUT2D eigenvalue weighted by atomic mass is 9.97. The van der Waals surface area contributed by atoms with Gasteiger partial charge in [-0.25, -0.2) is 13.4 Å². The van der Waals surface area contributed by atoms with Crippen LogP contribution in [0.3, 0.4) is 0 Å². The number of likely N-dealkylation sites (tertiary alicyclic amines) is 1. The quantitative estimate of drug-likeness (QED) is 0.470. The average molecular weight is 461 g/mol. The normalized spacial score (nSPS) is 19.9. The number of sulfone groups is 1. The molecule has 1 aliphatic heterocycles. The zero-order valence-corrected chi connectivity index (χ0v) is 20.6. The van der Waals surface area contributed by atoms with Crippen molar-refractivity contribution < 1.29 is 17.6 Å². The first kappa shape index (κ1) is 24.6. The number of hydrogen-bond donors (Lipinski definition) is 0. The minimum Gasteiger partial charge on any atom is -0.441 e. The van der Waals surface area contributed by atoms with Gasteiger partial charge in [0.1, 0.15) is 17.3 Å². The Hall–Kier alpha value is -1.99. The number of Topliss-reactive ketones (excluding diaryl/α,β-unsaturated/α-hetero) is 1. The van der Waals surface area contributed by atoms with E-state index in [2.05, 4.69) is 23.7 Å². The molecule has 2 unspecified atom stereocenters. The van der Waals surface area contributed by atoms with Gasteiger partial charge in [-0.3, -0.25) is 9.69 Å². The minimum absolute atomic E-state index is 0.218. The molecule has 0 aliphatic carbocycles. The molecule has 0 spiro atoms. The van der Waals surface area contributed by atoms with Crippen molar-refractivity contribution in [3.8, 4) is 11.5 Å². The van der Waals surface area contributed by atoms with Gasteiger partial charge in [-0.1, -0.05) is 24.6 Å². The van der Waals surface area contributed by atoms with Crippen molar-refractivity contribution >= 4 is 15.6 Å². The summed E-state index contributed by atoms with van der Waals surface area (Å²) < 4.78 is 31.0. The highest BCUT2D eigenvalue weighted by atomic mass is 32.2. The zero-order valence-electron chi connectivity index (χ0n) is 19.8. The molecule has 0 radical (unpaired) electrons. The molecule has 6 nitrogen and oxygen atoms in total. The van der Waals surface area contributed by atoms with Crippen molar-refractivity contribution in [2.75, 3.05) is 12.3 Å². The largest absolute Gasteiger partial charge is 0.441 e. The van der Waals surface area contributed by atoms with Gasteiger partial charge in [-0.15, -0.1) is 0 Å². The molecule has 0 saturated carbocycles. The Labute approximate surface area is 192 Å². The summed E-state index contributed by atoms with van der Waals surface area (Å²) in [7, 11) is -3.59. The number of unbranched alkanes of at least 4 members (excludes halogenated alkanes) is 1. The molecule has 176 valence electrons. The molecular formula is C25H36N2O4S. The van der Waals surface area contributed by atoms with Gasteiger partial charge >= 0.3 is 0 Å². The topological polar surface area (TPSA) is 80.5 Å². The van der Waals surface area contributed by atoms with E-state index in [1.165, 1.54) is 19.3 Å². The van der Waals surface area contributed by atoms with Crippen molar-refractivity contribution in [1.82, 2.24) is 9.88 Å². The van der Waals surface area contributed by atoms with Gasteiger partial charge in [0.05, 0.1) is 11.4 Å². The van der Waals surface area contributed by atoms with Crippen molar-refractivity contribution in [1.29, 1.82) is 0 Å². The summed E-state index contributed by atoms with van der Waals surface area (Å²) in [5.41, 5.74) is 2.23. The maximum atomic E-state index is 12.6. The lowest BCUT2D eigenvalue weighted by molar-refractivity contribution is -0.116. The summed E-state index contributed by atoms with van der Waals surface area (Å²) in [6, 6.07) is 8.85. The van der Waals surface area contributed by atoms with Crippen LogP contribution in [-0.4, -0.2) is 48.5 Å². The molecule has 1 fully saturated rings. The molecule has 3 rings (SSSR count). The molecule has 32 heavy (non-hydrogen) atoms. The number of hydrogen-bond acceptors (Lipinski definition) is 6. The third-order valence-corrected chi connectivity index (χ3v) is 7.98. The molecule has 2 heterocycles. The van der Waals surface area contributed by atoms with Crippen LogP contribution < -0.4 is 0 Å². The molecule has 1 aromatic heterocycles. The van der Waals surface area contributed by atoms with E-state index in [0.29, 0.717) is 35.8 Å². The van der Waals surface area contributed by atoms with Gasteiger partial charge in [0.2, 0.25) is 5.89 Å². The van der Waals surface area contributed by atoms with Crippen molar-refractivity contribution in [2.24, 2.45) is 0 Å². The summed E-state index contributed by atoms with van der Waals surface area (Å²) in [4.78, 5) is 19.3. The molecule has 2 atom stereocenters. The van der Waals surface area contributed by atoms with Crippen LogP contribution in [0.25, 0.3) is 11.5 Å². The first-order chi connectivity index (χ1) is 15.2. The van der Waals surface area contributed by atoms with Crippen LogP contribution in [0.2, 0.25) is 0 Å². The van der Waals surface area contributed by atoms with Gasteiger partial charge in [-0.05, 0) is 71.6 Å². The van der Waals surface area contributed by atoms with Gasteiger partial charge < -0.3 is 4.42 Å². The van der Waals surface area contributed by atoms with E-state index < -0.39 is 15.6 Å². The Morgan fingerprint density at radius 1 is 1.12 bits per heavy atom. The summed E-state index contributed by atoms with van der Waals surface area (Å²) in [5, 5.41) is 0. The molecule has 1 saturated heterocycles. The van der Waals surface area contributed by atoms with Crippen LogP contribution in [0.4, 0.5) is 0 Å². The lowest BCUT2D eigenvalue weighted by Gasteiger charge is -2.39. The fourth-order valence-corrected chi connectivity index (χ4v) is 6.02. The zero-order chi connectivity index (χ0) is 23.3. The van der Waals surface area contributed by atoms with E-state index in [-0.39, 0.29) is 11.5 Å². The first-order valence-corrected chi connectivity index (χ1v) is 13.5. The molecule has 2 aromatic rings. The number of ketones is 1. The number of carbonyl (C=O) groups excluding carboxylic acids is 1. The Kier molecular flexibility index (Phi) is 8.28. The molecule has 0 N–H and O–H groups in total. The van der Waals surface area contributed by atoms with E-state index in [4.69, 9.17) is 4.42 Å². The average Bonchev–Trinajstić information content (AvgIpc) is 3.06. The van der Waals surface area contributed by atoms with E-state index in [1.807, 2.05) is 31.2 Å². The predicted octanol–water partition coefficient (Wildman–Crippen LogP) is 4.88. The molecule has 0 amide bonds. The monoisotopic (exact) mass is 460 g/mol. The number of nitrogens with zero attached hydrogens (tertiary/aromatic N) is 2. The van der Waals surface area contributed by atoms with Crippen LogP contribution >= 0.6 is 0 Å². The molecule has 1 aromatic carbocycles. The summed E-state index contributed by atoms with van der Waals surface area (Å²) in [5.74, 6) is -0.0366. The number of rotatable bonds is 10. The van der Waals surface area contributed by atoms with E-state index in [0.717, 1.165) is 30.5 Å². The summed E-state index contributed by atoms with van der Waals surface area (Å²) >= 11 is 0. The third-order valence-electron chi connectivity index (χ3n) is 6.50. The number of carbonyl (C=O) groups is 1. The highest BCUT2D eigenvalue weighted by molar-refractivity contribution is 7.91. The van der Waals surface area contributed by atoms with E-state index in [9.17, 15) is 13.2 Å². The molecule has 0 bridgehead atoms. The Morgan fingerprint density at radius 2 is 1.81 bits per heavy atom. The number of oxazole rings is 1. The maximum absolute atomic E-state index is 12.6. The fraction of sp³-hybridized carbons (Fsp3) is 0.600. The molecule has 7 heteroatoms. The standard InChI is InChI=1S/C25H36N2O4S/c1-18-10-5-6-14-23(18)25-26-24(21(4)31-25)17-32(29,30)16-22(28)13-7-8-15-27-19(2)11-9-12-20(27)3/h5-6,10,14,19-20H,7-9,11-13,15-17H2,1-4H3.